The van der Waals surface area contributed by atoms with E-state index in [0.717, 1.165) is 23.1 Å². The molecule has 4 heteroatoms. The minimum Gasteiger partial charge on any atom is -0.461 e. The van der Waals surface area contributed by atoms with E-state index in [-0.39, 0.29) is 5.69 Å². The number of halogens is 1. The SMILES string of the molecule is O=C(OCCC1CCC1)c1cc2ccccc2c(Cl)n1. The number of esters is 1. The van der Waals surface area contributed by atoms with Crippen molar-refractivity contribution in [2.75, 3.05) is 6.61 Å². The molecule has 3 rings (SSSR count). The molecule has 0 bridgehead atoms. The van der Waals surface area contributed by atoms with Crippen LogP contribution in [0.3, 0.4) is 0 Å². The predicted molar refractivity (Wildman–Crippen MR) is 79.0 cm³/mol. The van der Waals surface area contributed by atoms with E-state index in [1.54, 1.807) is 6.07 Å². The molecular weight excluding hydrogens is 274 g/mol. The first-order valence-electron chi connectivity index (χ1n) is 6.96. The molecule has 1 fully saturated rings. The fraction of sp³-hybridized carbons (Fsp3) is 0.375. The summed E-state index contributed by atoms with van der Waals surface area (Å²) in [6, 6.07) is 9.33. The highest BCUT2D eigenvalue weighted by Gasteiger charge is 2.18. The fourth-order valence-corrected chi connectivity index (χ4v) is 2.70. The molecule has 104 valence electrons. The largest absolute Gasteiger partial charge is 0.461 e. The third-order valence-corrected chi connectivity index (χ3v) is 4.18. The number of carbonyl (C=O) groups excluding carboxylic acids is 1. The van der Waals surface area contributed by atoms with E-state index in [9.17, 15) is 4.79 Å². The molecular formula is C16H16ClNO2. The number of fused-ring (bicyclic) bond motifs is 1. The van der Waals surface area contributed by atoms with Crippen LogP contribution in [-0.2, 0) is 4.74 Å². The van der Waals surface area contributed by atoms with E-state index >= 15 is 0 Å². The van der Waals surface area contributed by atoms with Gasteiger partial charge in [-0.15, -0.1) is 0 Å². The second kappa shape index (κ2) is 5.80. The Morgan fingerprint density at radius 3 is 2.90 bits per heavy atom. The molecule has 1 aliphatic rings. The van der Waals surface area contributed by atoms with E-state index < -0.39 is 5.97 Å². The van der Waals surface area contributed by atoms with Gasteiger partial charge < -0.3 is 4.74 Å². The van der Waals surface area contributed by atoms with Crippen molar-refractivity contribution in [3.8, 4) is 0 Å². The first-order chi connectivity index (χ1) is 9.74. The number of pyridine rings is 1. The summed E-state index contributed by atoms with van der Waals surface area (Å²) >= 11 is 6.10. The molecule has 0 atom stereocenters. The molecule has 1 aromatic heterocycles. The van der Waals surface area contributed by atoms with Crippen LogP contribution in [0.2, 0.25) is 5.15 Å². The number of carbonyl (C=O) groups is 1. The van der Waals surface area contributed by atoms with Crippen molar-refractivity contribution in [2.45, 2.75) is 25.7 Å². The predicted octanol–water partition coefficient (Wildman–Crippen LogP) is 4.24. The molecule has 1 aromatic carbocycles. The number of nitrogens with zero attached hydrogens (tertiary/aromatic N) is 1. The van der Waals surface area contributed by atoms with Crippen molar-refractivity contribution in [2.24, 2.45) is 5.92 Å². The van der Waals surface area contributed by atoms with Crippen LogP contribution in [0.1, 0.15) is 36.2 Å². The second-order valence-electron chi connectivity index (χ2n) is 5.24. The van der Waals surface area contributed by atoms with Crippen LogP contribution in [0.25, 0.3) is 10.8 Å². The quantitative estimate of drug-likeness (QED) is 0.624. The van der Waals surface area contributed by atoms with Crippen LogP contribution in [0.15, 0.2) is 30.3 Å². The zero-order valence-electron chi connectivity index (χ0n) is 11.1. The smallest absolute Gasteiger partial charge is 0.357 e. The van der Waals surface area contributed by atoms with Gasteiger partial charge in [0.2, 0.25) is 0 Å². The Labute approximate surface area is 122 Å². The highest BCUT2D eigenvalue weighted by Crippen LogP contribution is 2.29. The molecule has 0 N–H and O–H groups in total. The molecule has 0 radical (unpaired) electrons. The molecule has 0 aliphatic heterocycles. The van der Waals surface area contributed by atoms with Crippen LogP contribution < -0.4 is 0 Å². The summed E-state index contributed by atoms with van der Waals surface area (Å²) in [5.41, 5.74) is 0.280. The summed E-state index contributed by atoms with van der Waals surface area (Å²) in [7, 11) is 0. The maximum atomic E-state index is 12.0. The molecule has 20 heavy (non-hydrogen) atoms. The molecule has 1 saturated carbocycles. The molecule has 1 aliphatic carbocycles. The van der Waals surface area contributed by atoms with E-state index in [4.69, 9.17) is 16.3 Å². The van der Waals surface area contributed by atoms with Crippen LogP contribution in [0.5, 0.6) is 0 Å². The Hall–Kier alpha value is -1.61. The van der Waals surface area contributed by atoms with Crippen LogP contribution in [0.4, 0.5) is 0 Å². The van der Waals surface area contributed by atoms with Crippen LogP contribution >= 0.6 is 11.6 Å². The summed E-state index contributed by atoms with van der Waals surface area (Å²) < 4.78 is 5.28. The van der Waals surface area contributed by atoms with Crippen LogP contribution in [0, 0.1) is 5.92 Å². The Bertz CT molecular complexity index is 637. The lowest BCUT2D eigenvalue weighted by atomic mass is 9.83. The highest BCUT2D eigenvalue weighted by atomic mass is 35.5. The van der Waals surface area contributed by atoms with Crippen molar-refractivity contribution in [1.82, 2.24) is 4.98 Å². The topological polar surface area (TPSA) is 39.2 Å². The number of hydrogen-bond acceptors (Lipinski definition) is 3. The van der Waals surface area contributed by atoms with E-state index in [2.05, 4.69) is 4.98 Å². The van der Waals surface area contributed by atoms with Gasteiger partial charge in [-0.05, 0) is 23.8 Å². The number of hydrogen-bond donors (Lipinski definition) is 0. The summed E-state index contributed by atoms with van der Waals surface area (Å²) in [5, 5.41) is 2.09. The van der Waals surface area contributed by atoms with Gasteiger partial charge in [-0.2, -0.15) is 0 Å². The zero-order chi connectivity index (χ0) is 13.9. The number of benzene rings is 1. The fourth-order valence-electron chi connectivity index (χ4n) is 2.43. The van der Waals surface area contributed by atoms with Gasteiger partial charge in [-0.25, -0.2) is 9.78 Å². The maximum absolute atomic E-state index is 12.0. The summed E-state index contributed by atoms with van der Waals surface area (Å²) in [4.78, 5) is 16.1. The Balaban J connectivity index is 1.70. The monoisotopic (exact) mass is 289 g/mol. The van der Waals surface area contributed by atoms with Gasteiger partial charge in [0, 0.05) is 5.39 Å². The average Bonchev–Trinajstić information content (AvgIpc) is 2.41. The van der Waals surface area contributed by atoms with Gasteiger partial charge in [0.1, 0.15) is 5.15 Å². The first kappa shape index (κ1) is 13.4. The summed E-state index contributed by atoms with van der Waals surface area (Å²) in [5.74, 6) is 0.341. The van der Waals surface area contributed by atoms with Crippen LogP contribution in [-0.4, -0.2) is 17.6 Å². The van der Waals surface area contributed by atoms with E-state index in [0.29, 0.717) is 11.8 Å². The Kier molecular flexibility index (Phi) is 3.88. The number of ether oxygens (including phenoxy) is 1. The van der Waals surface area contributed by atoms with Crippen molar-refractivity contribution in [1.29, 1.82) is 0 Å². The van der Waals surface area contributed by atoms with Gasteiger partial charge in [0.15, 0.2) is 5.69 Å². The molecule has 3 nitrogen and oxygen atoms in total. The minimum atomic E-state index is -0.392. The summed E-state index contributed by atoms with van der Waals surface area (Å²) in [6.45, 7) is 0.468. The van der Waals surface area contributed by atoms with E-state index in [1.165, 1.54) is 19.3 Å². The van der Waals surface area contributed by atoms with Gasteiger partial charge in [0.05, 0.1) is 6.61 Å². The lowest BCUT2D eigenvalue weighted by molar-refractivity contribution is 0.0458. The Morgan fingerprint density at radius 2 is 2.15 bits per heavy atom. The first-order valence-corrected chi connectivity index (χ1v) is 7.34. The molecule has 0 spiro atoms. The minimum absolute atomic E-state index is 0.280. The van der Waals surface area contributed by atoms with Gasteiger partial charge >= 0.3 is 5.97 Å². The zero-order valence-corrected chi connectivity index (χ0v) is 11.9. The Morgan fingerprint density at radius 1 is 1.35 bits per heavy atom. The lowest BCUT2D eigenvalue weighted by Crippen LogP contribution is -2.16. The van der Waals surface area contributed by atoms with Crippen molar-refractivity contribution in [3.05, 3.63) is 41.2 Å². The molecule has 0 saturated heterocycles. The average molecular weight is 290 g/mol. The third kappa shape index (κ3) is 2.78. The molecule has 2 aromatic rings. The third-order valence-electron chi connectivity index (χ3n) is 3.89. The molecule has 0 amide bonds. The molecule has 1 heterocycles. The van der Waals surface area contributed by atoms with Gasteiger partial charge in [-0.1, -0.05) is 55.1 Å². The van der Waals surface area contributed by atoms with Crippen molar-refractivity contribution >= 4 is 28.3 Å². The second-order valence-corrected chi connectivity index (χ2v) is 5.60. The standard InChI is InChI=1S/C16H16ClNO2/c17-15-13-7-2-1-6-12(13)10-14(18-15)16(19)20-9-8-11-4-3-5-11/h1-2,6-7,10-11H,3-5,8-9H2. The van der Waals surface area contributed by atoms with Crippen molar-refractivity contribution < 1.29 is 9.53 Å². The number of rotatable bonds is 4. The van der Waals surface area contributed by atoms with Crippen molar-refractivity contribution in [3.63, 3.8) is 0 Å². The number of aromatic nitrogens is 1. The highest BCUT2D eigenvalue weighted by molar-refractivity contribution is 6.34. The lowest BCUT2D eigenvalue weighted by Gasteiger charge is -2.24. The molecule has 0 unspecified atom stereocenters. The maximum Gasteiger partial charge on any atom is 0.357 e. The van der Waals surface area contributed by atoms with E-state index in [1.807, 2.05) is 24.3 Å². The van der Waals surface area contributed by atoms with Gasteiger partial charge in [-0.3, -0.25) is 0 Å². The summed E-state index contributed by atoms with van der Waals surface area (Å²) in [6.07, 6.45) is 4.78. The normalized spacial score (nSPS) is 15.1. The van der Waals surface area contributed by atoms with Gasteiger partial charge in [0.25, 0.3) is 0 Å².